The maximum absolute atomic E-state index is 12.4. The number of carbonyl (C=O) groups is 1. The number of ether oxygens (including phenoxy) is 1. The van der Waals surface area contributed by atoms with Gasteiger partial charge in [-0.05, 0) is 234 Å². The van der Waals surface area contributed by atoms with Crippen LogP contribution in [-0.2, 0) is 34.8 Å². The van der Waals surface area contributed by atoms with Crippen LogP contribution in [0.25, 0.3) is 133 Å². The summed E-state index contributed by atoms with van der Waals surface area (Å²) in [6.07, 6.45) is 24.5. The molecule has 0 radical (unpaired) electrons. The molecule has 0 aliphatic rings. The Kier molecular flexibility index (Phi) is 27.2. The third-order valence-corrected chi connectivity index (χ3v) is 27.0. The molecule has 0 saturated carbocycles. The van der Waals surface area contributed by atoms with Gasteiger partial charge in [0.2, 0.25) is 30.1 Å². The maximum Gasteiger partial charge on any atom is 0.411 e. The van der Waals surface area contributed by atoms with E-state index < -0.39 is 36.2 Å². The predicted octanol–water partition coefficient (Wildman–Crippen LogP) is 21.7. The van der Waals surface area contributed by atoms with Crippen molar-refractivity contribution < 1.29 is 52.9 Å². The lowest BCUT2D eigenvalue weighted by molar-refractivity contribution is 0.187. The second-order valence-corrected chi connectivity index (χ2v) is 39.4. The molecular weight excluding hydrogens is 1830 g/mol. The summed E-state index contributed by atoms with van der Waals surface area (Å²) in [6, 6.07) is 60.8. The number of rotatable bonds is 23. The molecule has 0 aliphatic carbocycles. The Balaban J connectivity index is 0.000000129. The van der Waals surface area contributed by atoms with Gasteiger partial charge in [0.05, 0.1) is 138 Å². The van der Waals surface area contributed by atoms with Gasteiger partial charge in [0.1, 0.15) is 23.0 Å². The fourth-order valence-electron chi connectivity index (χ4n) is 17.6. The quantitative estimate of drug-likeness (QED) is 0.0462. The summed E-state index contributed by atoms with van der Waals surface area (Å²) in [5.74, 6) is 2.96. The number of anilines is 3. The Hall–Kier alpha value is -16.2. The molecule has 32 nitrogen and oxygen atoms in total. The van der Waals surface area contributed by atoms with Crippen LogP contribution in [0, 0.1) is 55.4 Å². The molecule has 0 fully saturated rings. The SMILES string of the molecule is CNS(=O)(=O)c1cccc(-c2cn([C@@H](C)c3ccccn3)c3cc(-c4c(C)noc4C)cnc23)c1.COC(=O)Nc1ccc(-c2cn([C@@H](C)c3ccccn3)c3cc(-c4c(C)noc4C)cnc23)cc1.Cc1noc(C)c1-c1cnc2c(-c3ccc(NS(C)(=O)=O)cc3)cn([C@@H](C)c3ccccn3)c2c1.Cc1noc(C)c1-c1cnc2c(-c3cccc(NS(C)(=O)=O)c3)cn([C@@H](C)c3ccccn3)c2c1. The van der Waals surface area contributed by atoms with Crippen molar-refractivity contribution in [2.75, 3.05) is 41.4 Å². The number of methoxy groups -OCH3 is 1. The summed E-state index contributed by atoms with van der Waals surface area (Å²) in [4.78, 5) is 49.4. The molecule has 0 saturated heterocycles. The number of fused-ring (bicyclic) bond motifs is 4. The van der Waals surface area contributed by atoms with E-state index in [1.54, 1.807) is 61.2 Å². The third kappa shape index (κ3) is 20.2. The first kappa shape index (κ1) is 95.5. The van der Waals surface area contributed by atoms with Crippen molar-refractivity contribution in [3.63, 3.8) is 0 Å². The van der Waals surface area contributed by atoms with Gasteiger partial charge < -0.3 is 41.1 Å². The first-order valence-corrected chi connectivity index (χ1v) is 50.0. The topological polar surface area (TPSA) is 404 Å². The zero-order chi connectivity index (χ0) is 98.8. The van der Waals surface area contributed by atoms with Gasteiger partial charge in [-0.3, -0.25) is 54.6 Å². The maximum atomic E-state index is 12.4. The molecule has 16 heterocycles. The molecule has 0 spiro atoms. The molecule has 4 atom stereocenters. The van der Waals surface area contributed by atoms with E-state index in [0.29, 0.717) is 17.1 Å². The lowest BCUT2D eigenvalue weighted by atomic mass is 10.0. The number of nitrogens with zero attached hydrogens (tertiary/aromatic N) is 16. The first-order chi connectivity index (χ1) is 67.2. The fourth-order valence-corrected chi connectivity index (χ4v) is 19.5. The van der Waals surface area contributed by atoms with Crippen LogP contribution in [0.2, 0.25) is 0 Å². The summed E-state index contributed by atoms with van der Waals surface area (Å²) in [6.45, 7) is 23.6. The molecule has 0 aliphatic heterocycles. The monoisotopic (exact) mass is 1930 g/mol. The van der Waals surface area contributed by atoms with E-state index >= 15 is 0 Å². The largest absolute Gasteiger partial charge is 0.453 e. The summed E-state index contributed by atoms with van der Waals surface area (Å²) in [5, 5.41) is 19.1. The summed E-state index contributed by atoms with van der Waals surface area (Å²) < 4.78 is 114. The van der Waals surface area contributed by atoms with Crippen molar-refractivity contribution in [1.29, 1.82) is 0 Å². The Morgan fingerprint density at radius 1 is 0.336 bits per heavy atom. The molecule has 0 unspecified atom stereocenters. The van der Waals surface area contributed by atoms with Crippen LogP contribution < -0.4 is 19.5 Å². The van der Waals surface area contributed by atoms with Gasteiger partial charge in [0, 0.05) is 158 Å². The van der Waals surface area contributed by atoms with Crippen molar-refractivity contribution in [2.24, 2.45) is 0 Å². The number of carbonyl (C=O) groups excluding carboxylic acids is 1. The number of nitrogens with one attached hydrogen (secondary N) is 4. The molecule has 16 aromatic heterocycles. The van der Waals surface area contributed by atoms with Crippen molar-refractivity contribution in [2.45, 2.75) is 112 Å². The van der Waals surface area contributed by atoms with Crippen LogP contribution in [0.4, 0.5) is 21.9 Å². The van der Waals surface area contributed by atoms with Crippen LogP contribution in [-0.4, -0.2) is 137 Å². The van der Waals surface area contributed by atoms with Gasteiger partial charge in [0.25, 0.3) is 0 Å². The standard InChI is InChI=1S/C27H25N5O3.3C26H25N5O3S/c1-16-25(18(3)35-31-16)20-13-24-26(29-14-20)22(15-32(24)17(2)23-7-5-6-12-28-23)19-8-10-21(11-9-19)30-27(33)34-4;1-16-25(18(3)34-29-16)20-13-24-26(28-14-20)22(15-31(24)17(2)23-10-5-6-11-27-23)19-8-7-9-21(12-19)30-35(4,32)33;1-16-25(18(3)34-30-16)20-13-24-26(29-14-20)22(15-31(24)17(2)23-10-5-6-11-28-23)19-8-7-9-21(12-19)35(32,33)27-4;1-16-25(18(3)34-29-16)20-13-24-26(28-14-20)22(15-31(24)17(2)23-7-5-6-12-27-23)19-8-10-21(11-9-19)30-35(4,32)33/h5-15,17H,1-4H3,(H,30,33);5-15,17,30H,1-4H3;5-15,17,27H,1-4H3;5-15,17,30H,1-4H3/t4*17-/m0000/s1. The van der Waals surface area contributed by atoms with E-state index in [0.717, 1.165) is 214 Å². The normalized spacial score (nSPS) is 12.5. The van der Waals surface area contributed by atoms with Gasteiger partial charge in [0.15, 0.2) is 0 Å². The zero-order valence-electron chi connectivity index (χ0n) is 79.5. The Bertz CT molecular complexity index is 8270. The summed E-state index contributed by atoms with van der Waals surface area (Å²) >= 11 is 0. The van der Waals surface area contributed by atoms with Crippen molar-refractivity contribution in [3.8, 4) is 89.0 Å². The number of benzene rings is 4. The van der Waals surface area contributed by atoms with Crippen LogP contribution in [0.1, 0.15) is 120 Å². The summed E-state index contributed by atoms with van der Waals surface area (Å²) in [5.41, 5.74) is 30.3. The highest BCUT2D eigenvalue weighted by molar-refractivity contribution is 7.92. The van der Waals surface area contributed by atoms with E-state index in [-0.39, 0.29) is 29.1 Å². The minimum absolute atomic E-state index is 0.0190. The molecule has 4 aromatic carbocycles. The number of aromatic nitrogens is 16. The highest BCUT2D eigenvalue weighted by atomic mass is 32.2. The molecule has 20 aromatic rings. The van der Waals surface area contributed by atoms with Crippen LogP contribution in [0.3, 0.4) is 0 Å². The number of pyridine rings is 8. The van der Waals surface area contributed by atoms with Gasteiger partial charge in [-0.15, -0.1) is 0 Å². The highest BCUT2D eigenvalue weighted by Gasteiger charge is 2.28. The van der Waals surface area contributed by atoms with E-state index in [1.165, 1.54) is 14.2 Å². The molecule has 4 N–H and O–H groups in total. The van der Waals surface area contributed by atoms with Crippen LogP contribution >= 0.6 is 0 Å². The second-order valence-electron chi connectivity index (χ2n) is 34.0. The molecule has 20 rings (SSSR count). The number of hydrogen-bond acceptors (Lipinski definition) is 24. The van der Waals surface area contributed by atoms with Gasteiger partial charge >= 0.3 is 6.09 Å². The molecule has 710 valence electrons. The predicted molar refractivity (Wildman–Crippen MR) is 542 cm³/mol. The smallest absolute Gasteiger partial charge is 0.411 e. The average Bonchev–Trinajstić information content (AvgIpc) is 1.61. The minimum Gasteiger partial charge on any atom is -0.453 e. The Morgan fingerprint density at radius 2 is 0.636 bits per heavy atom. The van der Waals surface area contributed by atoms with Gasteiger partial charge in [-0.2, -0.15) is 0 Å². The van der Waals surface area contributed by atoms with Crippen LogP contribution in [0.15, 0.2) is 291 Å². The second kappa shape index (κ2) is 39.8. The van der Waals surface area contributed by atoms with E-state index in [2.05, 4.69) is 147 Å². The number of sulfonamides is 3. The van der Waals surface area contributed by atoms with Crippen molar-refractivity contribution in [3.05, 3.63) is 337 Å². The third-order valence-electron chi connectivity index (χ3n) is 24.4. The number of aryl methyl sites for hydroxylation is 8. The van der Waals surface area contributed by atoms with Crippen molar-refractivity contribution >= 4 is 97.4 Å². The lowest BCUT2D eigenvalue weighted by Gasteiger charge is -2.15. The molecule has 0 bridgehead atoms. The number of amides is 1. The van der Waals surface area contributed by atoms with Crippen LogP contribution in [0.5, 0.6) is 0 Å². The number of hydrogen-bond donors (Lipinski definition) is 4. The molecule has 140 heavy (non-hydrogen) atoms. The highest BCUT2D eigenvalue weighted by Crippen LogP contribution is 2.44. The molecule has 1 amide bonds. The fraction of sp³-hybridized carbons (Fsp3) is 0.190. The lowest BCUT2D eigenvalue weighted by Crippen LogP contribution is -2.18. The Labute approximate surface area is 808 Å². The average molecular weight is 1930 g/mol. The van der Waals surface area contributed by atoms with Crippen molar-refractivity contribution in [1.82, 2.24) is 83.5 Å². The van der Waals surface area contributed by atoms with E-state index in [1.807, 2.05) is 226 Å². The molecule has 35 heteroatoms. The minimum atomic E-state index is -3.58. The van der Waals surface area contributed by atoms with Gasteiger partial charge in [-0.1, -0.05) is 93.4 Å². The van der Waals surface area contributed by atoms with E-state index in [4.69, 9.17) is 38.0 Å². The first-order valence-electron chi connectivity index (χ1n) is 44.7. The Morgan fingerprint density at radius 3 is 0.921 bits per heavy atom. The van der Waals surface area contributed by atoms with E-state index in [9.17, 15) is 30.0 Å². The summed E-state index contributed by atoms with van der Waals surface area (Å²) in [7, 11) is -7.59. The zero-order valence-corrected chi connectivity index (χ0v) is 81.9. The van der Waals surface area contributed by atoms with Gasteiger partial charge in [-0.25, -0.2) is 34.8 Å². The molecular formula is C105H100N20O12S3.